The second-order valence-electron chi connectivity index (χ2n) is 7.19. The maximum atomic E-state index is 12.4. The third-order valence-corrected chi connectivity index (χ3v) is 4.76. The largest absolute Gasteiger partial charge is 0.377 e. The van der Waals surface area contributed by atoms with Crippen LogP contribution in [0.5, 0.6) is 0 Å². The lowest BCUT2D eigenvalue weighted by Gasteiger charge is -2.23. The van der Waals surface area contributed by atoms with Crippen molar-refractivity contribution in [3.8, 4) is 0 Å². The Bertz CT molecular complexity index is 630. The van der Waals surface area contributed by atoms with E-state index in [1.54, 1.807) is 11.8 Å². The van der Waals surface area contributed by atoms with Gasteiger partial charge in [0.05, 0.1) is 0 Å². The molecule has 0 spiro atoms. The van der Waals surface area contributed by atoms with Crippen LogP contribution in [-0.4, -0.2) is 62.5 Å². The van der Waals surface area contributed by atoms with E-state index < -0.39 is 0 Å². The smallest absolute Gasteiger partial charge is 0.317 e. The number of urea groups is 1. The van der Waals surface area contributed by atoms with Gasteiger partial charge in [0.1, 0.15) is 0 Å². The molecule has 1 unspecified atom stereocenters. The lowest BCUT2D eigenvalue weighted by atomic mass is 10.1. The minimum absolute atomic E-state index is 0.0773. The zero-order valence-corrected chi connectivity index (χ0v) is 16.0. The van der Waals surface area contributed by atoms with E-state index in [-0.39, 0.29) is 11.9 Å². The van der Waals surface area contributed by atoms with Gasteiger partial charge in [0.25, 0.3) is 0 Å². The van der Waals surface area contributed by atoms with Crippen LogP contribution in [0.15, 0.2) is 18.2 Å². The highest BCUT2D eigenvalue weighted by Crippen LogP contribution is 2.20. The van der Waals surface area contributed by atoms with Crippen LogP contribution < -0.4 is 10.2 Å². The fourth-order valence-corrected chi connectivity index (χ4v) is 3.28. The third-order valence-electron chi connectivity index (χ3n) is 4.76. The van der Waals surface area contributed by atoms with Crippen molar-refractivity contribution in [3.05, 3.63) is 29.3 Å². The summed E-state index contributed by atoms with van der Waals surface area (Å²) in [6.07, 6.45) is 0.958. The molecule has 1 aliphatic rings. The molecule has 1 aromatic rings. The molecule has 1 atom stereocenters. The Morgan fingerprint density at radius 1 is 1.28 bits per heavy atom. The predicted molar refractivity (Wildman–Crippen MR) is 101 cm³/mol. The molecule has 6 nitrogen and oxygen atoms in total. The van der Waals surface area contributed by atoms with Crippen molar-refractivity contribution in [1.29, 1.82) is 0 Å². The number of amides is 3. The first-order valence-electron chi connectivity index (χ1n) is 8.79. The van der Waals surface area contributed by atoms with Gasteiger partial charge in [-0.1, -0.05) is 12.1 Å². The minimum Gasteiger partial charge on any atom is -0.377 e. The van der Waals surface area contributed by atoms with E-state index in [4.69, 9.17) is 0 Å². The number of carbonyl (C=O) groups excluding carboxylic acids is 2. The van der Waals surface area contributed by atoms with Crippen molar-refractivity contribution < 1.29 is 9.59 Å². The van der Waals surface area contributed by atoms with Crippen LogP contribution in [0, 0.1) is 12.8 Å². The fourth-order valence-electron chi connectivity index (χ4n) is 3.28. The number of carbonyl (C=O) groups is 2. The normalized spacial score (nSPS) is 16.7. The van der Waals surface area contributed by atoms with Gasteiger partial charge in [0.15, 0.2) is 0 Å². The molecule has 1 aromatic carbocycles. The maximum absolute atomic E-state index is 12.4. The van der Waals surface area contributed by atoms with Crippen molar-refractivity contribution >= 4 is 17.6 Å². The summed E-state index contributed by atoms with van der Waals surface area (Å²) in [5, 5.41) is 3.00. The molecule has 0 saturated carbocycles. The van der Waals surface area contributed by atoms with Gasteiger partial charge in [-0.25, -0.2) is 4.79 Å². The molecule has 1 saturated heterocycles. The van der Waals surface area contributed by atoms with Gasteiger partial charge < -0.3 is 20.0 Å². The summed E-state index contributed by atoms with van der Waals surface area (Å²) in [6.45, 7) is 6.38. The number of rotatable bonds is 5. The molecule has 0 aliphatic carbocycles. The number of benzene rings is 1. The lowest BCUT2D eigenvalue weighted by Crippen LogP contribution is -2.40. The number of hydrogen-bond donors (Lipinski definition) is 1. The summed E-state index contributed by atoms with van der Waals surface area (Å²) in [5.74, 6) is 0.474. The topological polar surface area (TPSA) is 55.9 Å². The van der Waals surface area contributed by atoms with E-state index in [9.17, 15) is 9.59 Å². The molecule has 3 amide bonds. The Hall–Kier alpha value is -2.24. The van der Waals surface area contributed by atoms with Gasteiger partial charge in [0.2, 0.25) is 5.91 Å². The average molecular weight is 346 g/mol. The number of nitrogens with one attached hydrogen (secondary N) is 1. The first-order valence-corrected chi connectivity index (χ1v) is 8.79. The van der Waals surface area contributed by atoms with Crippen LogP contribution in [0.25, 0.3) is 0 Å². The van der Waals surface area contributed by atoms with Crippen LogP contribution in [-0.2, 0) is 11.3 Å². The van der Waals surface area contributed by atoms with Crippen molar-refractivity contribution in [1.82, 2.24) is 15.1 Å². The van der Waals surface area contributed by atoms with E-state index in [1.165, 1.54) is 5.56 Å². The Morgan fingerprint density at radius 2 is 2.00 bits per heavy atom. The second kappa shape index (κ2) is 8.23. The molecule has 1 fully saturated rings. The summed E-state index contributed by atoms with van der Waals surface area (Å²) in [5.41, 5.74) is 3.42. The SMILES string of the molecule is CC(=O)N1CCC(CN(C)C(=O)NCc2ccc(C)cc2N(C)C)C1. The molecule has 1 N–H and O–H groups in total. The Kier molecular flexibility index (Phi) is 6.28. The molecular weight excluding hydrogens is 316 g/mol. The molecule has 6 heteroatoms. The second-order valence-corrected chi connectivity index (χ2v) is 7.19. The van der Waals surface area contributed by atoms with Crippen molar-refractivity contribution in [3.63, 3.8) is 0 Å². The zero-order valence-electron chi connectivity index (χ0n) is 16.0. The van der Waals surface area contributed by atoms with Gasteiger partial charge in [-0.05, 0) is 36.5 Å². The summed E-state index contributed by atoms with van der Waals surface area (Å²) < 4.78 is 0. The molecule has 0 bridgehead atoms. The molecule has 0 radical (unpaired) electrons. The van der Waals surface area contributed by atoms with E-state index in [1.807, 2.05) is 26.0 Å². The maximum Gasteiger partial charge on any atom is 0.317 e. The first kappa shape index (κ1) is 19.1. The predicted octanol–water partition coefficient (Wildman–Crippen LogP) is 2.07. The highest BCUT2D eigenvalue weighted by Gasteiger charge is 2.26. The van der Waals surface area contributed by atoms with Crippen LogP contribution in [0.3, 0.4) is 0 Å². The molecule has 1 aliphatic heterocycles. The van der Waals surface area contributed by atoms with Crippen LogP contribution in [0.1, 0.15) is 24.5 Å². The number of aryl methyl sites for hydroxylation is 1. The van der Waals surface area contributed by atoms with Crippen molar-refractivity contribution in [2.45, 2.75) is 26.8 Å². The summed E-state index contributed by atoms with van der Waals surface area (Å²) in [4.78, 5) is 29.4. The molecular formula is C19H30N4O2. The van der Waals surface area contributed by atoms with Gasteiger partial charge >= 0.3 is 6.03 Å². The van der Waals surface area contributed by atoms with Crippen LogP contribution >= 0.6 is 0 Å². The molecule has 2 rings (SSSR count). The molecule has 25 heavy (non-hydrogen) atoms. The quantitative estimate of drug-likeness (QED) is 0.888. The van der Waals surface area contributed by atoms with Crippen molar-refractivity contribution in [2.75, 3.05) is 45.7 Å². The standard InChI is InChI=1S/C19H30N4O2/c1-14-6-7-17(18(10-14)21(3)4)11-20-19(25)22(5)12-16-8-9-23(13-16)15(2)24/h6-7,10,16H,8-9,11-13H2,1-5H3,(H,20,25). The lowest BCUT2D eigenvalue weighted by molar-refractivity contribution is -0.127. The van der Waals surface area contributed by atoms with E-state index >= 15 is 0 Å². The summed E-state index contributed by atoms with van der Waals surface area (Å²) in [7, 11) is 5.83. The monoisotopic (exact) mass is 346 g/mol. The zero-order chi connectivity index (χ0) is 18.6. The Balaban J connectivity index is 1.87. The Labute approximate surface area is 150 Å². The molecule has 138 valence electrons. The number of anilines is 1. The molecule has 1 heterocycles. The fraction of sp³-hybridized carbons (Fsp3) is 0.579. The third kappa shape index (κ3) is 5.11. The highest BCUT2D eigenvalue weighted by molar-refractivity contribution is 5.74. The van der Waals surface area contributed by atoms with E-state index in [0.717, 1.165) is 30.8 Å². The van der Waals surface area contributed by atoms with Gasteiger partial charge in [-0.15, -0.1) is 0 Å². The molecule has 0 aromatic heterocycles. The van der Waals surface area contributed by atoms with Crippen LogP contribution in [0.4, 0.5) is 10.5 Å². The highest BCUT2D eigenvalue weighted by atomic mass is 16.2. The van der Waals surface area contributed by atoms with Gasteiger partial charge in [-0.3, -0.25) is 4.79 Å². The number of nitrogens with zero attached hydrogens (tertiary/aromatic N) is 3. The van der Waals surface area contributed by atoms with Crippen molar-refractivity contribution in [2.24, 2.45) is 5.92 Å². The average Bonchev–Trinajstić information content (AvgIpc) is 3.01. The van der Waals surface area contributed by atoms with Gasteiger partial charge in [0, 0.05) is 59.9 Å². The minimum atomic E-state index is -0.0773. The van der Waals surface area contributed by atoms with Gasteiger partial charge in [-0.2, -0.15) is 0 Å². The first-order chi connectivity index (χ1) is 11.8. The Morgan fingerprint density at radius 3 is 2.60 bits per heavy atom. The summed E-state index contributed by atoms with van der Waals surface area (Å²) in [6, 6.07) is 6.17. The van der Waals surface area contributed by atoms with Crippen LogP contribution in [0.2, 0.25) is 0 Å². The van der Waals surface area contributed by atoms with E-state index in [2.05, 4.69) is 35.3 Å². The number of hydrogen-bond acceptors (Lipinski definition) is 3. The van der Waals surface area contributed by atoms with E-state index in [0.29, 0.717) is 19.0 Å². The number of likely N-dealkylation sites (tertiary alicyclic amines) is 1. The summed E-state index contributed by atoms with van der Waals surface area (Å²) >= 11 is 0.